The van der Waals surface area contributed by atoms with Crippen LogP contribution in [0.1, 0.15) is 107 Å². The van der Waals surface area contributed by atoms with E-state index in [1.165, 1.54) is 6.92 Å². The summed E-state index contributed by atoms with van der Waals surface area (Å²) in [5, 5.41) is 66.6. The minimum absolute atomic E-state index is 0.0596. The van der Waals surface area contributed by atoms with Gasteiger partial charge in [-0.25, -0.2) is 0 Å². The molecule has 0 aromatic carbocycles. The summed E-state index contributed by atoms with van der Waals surface area (Å²) in [6.07, 6.45) is -2.08. The van der Waals surface area contributed by atoms with Crippen molar-refractivity contribution in [3.05, 3.63) is 0 Å². The Hall–Kier alpha value is -0.890. The molecule has 7 fully saturated rings. The molecule has 0 bridgehead atoms. The third kappa shape index (κ3) is 4.41. The van der Waals surface area contributed by atoms with Crippen molar-refractivity contribution in [2.45, 2.75) is 173 Å². The van der Waals surface area contributed by atoms with Gasteiger partial charge in [-0.3, -0.25) is 4.79 Å². The Kier molecular flexibility index (Phi) is 8.01. The van der Waals surface area contributed by atoms with E-state index in [1.807, 2.05) is 6.92 Å². The molecule has 0 aromatic heterocycles. The lowest BCUT2D eigenvalue weighted by Gasteiger charge is -2.65. The zero-order chi connectivity index (χ0) is 35.2. The van der Waals surface area contributed by atoms with Crippen LogP contribution >= 0.6 is 0 Å². The van der Waals surface area contributed by atoms with Crippen LogP contribution in [-0.4, -0.2) is 110 Å². The van der Waals surface area contributed by atoms with Gasteiger partial charge < -0.3 is 49.6 Å². The molecule has 11 nitrogen and oxygen atoms in total. The van der Waals surface area contributed by atoms with Gasteiger partial charge in [-0.15, -0.1) is 0 Å². The van der Waals surface area contributed by atoms with Crippen molar-refractivity contribution >= 4 is 5.97 Å². The predicted octanol–water partition coefficient (Wildman–Crippen LogP) is 2.44. The van der Waals surface area contributed by atoms with E-state index >= 15 is 0 Å². The van der Waals surface area contributed by atoms with Gasteiger partial charge in [0.2, 0.25) is 0 Å². The molecule has 2 saturated heterocycles. The number of aliphatic hydroxyl groups excluding tert-OH is 5. The molecule has 6 N–H and O–H groups in total. The summed E-state index contributed by atoms with van der Waals surface area (Å²) in [5.74, 6) is -0.633. The molecule has 0 amide bonds. The Bertz CT molecular complexity index is 1300. The van der Waals surface area contributed by atoms with Gasteiger partial charge in [-0.05, 0) is 100 Å². The fourth-order valence-electron chi connectivity index (χ4n) is 13.7. The standard InChI is InChI=1S/C37H60O11/c1-18(38)46-29-27(43)28(33(6)13-11-24(48-33)32(4,5)44)35(8)22(40)15-37-17-36(37)14-12-23(47-30-26(42)25(41)19(39)16-45-30)31(2,3)20(36)9-10-21(37)34(29,35)7/h19-30,39-44H,9-17H2,1-8H3/t19-,20+,21+,22?,23+,24?,25+,26-,27-,28-,29?,30+,33+,34-,35-,36-,37+/m1/s1. The van der Waals surface area contributed by atoms with Crippen molar-refractivity contribution in [1.29, 1.82) is 0 Å². The van der Waals surface area contributed by atoms with Crippen LogP contribution < -0.4 is 0 Å². The second-order valence-corrected chi connectivity index (χ2v) is 18.8. The van der Waals surface area contributed by atoms with Crippen LogP contribution in [0.5, 0.6) is 0 Å². The van der Waals surface area contributed by atoms with E-state index in [9.17, 15) is 35.4 Å². The molecule has 48 heavy (non-hydrogen) atoms. The average molecular weight is 681 g/mol. The van der Waals surface area contributed by atoms with Crippen LogP contribution in [0.25, 0.3) is 0 Å². The predicted molar refractivity (Wildman–Crippen MR) is 172 cm³/mol. The van der Waals surface area contributed by atoms with E-state index in [0.29, 0.717) is 19.3 Å². The number of aliphatic hydroxyl groups is 6. The lowest BCUT2D eigenvalue weighted by atomic mass is 9.40. The van der Waals surface area contributed by atoms with Crippen LogP contribution in [0.2, 0.25) is 0 Å². The first-order valence-corrected chi connectivity index (χ1v) is 18.4. The number of rotatable bonds is 5. The molecule has 2 spiro atoms. The maximum atomic E-state index is 12.7. The molecule has 0 aromatic rings. The second kappa shape index (κ2) is 10.8. The summed E-state index contributed by atoms with van der Waals surface area (Å²) >= 11 is 0. The molecule has 3 unspecified atom stereocenters. The maximum Gasteiger partial charge on any atom is 0.303 e. The molecule has 11 heteroatoms. The molecule has 5 aliphatic carbocycles. The normalized spacial score (nSPS) is 57.2. The molecule has 0 radical (unpaired) electrons. The molecule has 5 saturated carbocycles. The third-order valence-corrected chi connectivity index (χ3v) is 16.0. The van der Waals surface area contributed by atoms with E-state index in [0.717, 1.165) is 32.1 Å². The topological polar surface area (TPSA) is 175 Å². The Balaban J connectivity index is 1.22. The van der Waals surface area contributed by atoms with Gasteiger partial charge in [0, 0.05) is 23.7 Å². The van der Waals surface area contributed by atoms with E-state index in [-0.39, 0.29) is 40.8 Å². The van der Waals surface area contributed by atoms with Crippen LogP contribution in [0.15, 0.2) is 0 Å². The van der Waals surface area contributed by atoms with Crippen molar-refractivity contribution in [2.75, 3.05) is 6.61 Å². The minimum atomic E-state index is -1.35. The number of fused-ring (bicyclic) bond motifs is 2. The van der Waals surface area contributed by atoms with Crippen molar-refractivity contribution in [3.8, 4) is 0 Å². The number of carbonyl (C=O) groups is 1. The fourth-order valence-corrected chi connectivity index (χ4v) is 13.7. The minimum Gasteiger partial charge on any atom is -0.459 e. The van der Waals surface area contributed by atoms with Crippen molar-refractivity contribution in [2.24, 2.45) is 44.8 Å². The van der Waals surface area contributed by atoms with Gasteiger partial charge in [-0.1, -0.05) is 27.7 Å². The number of esters is 1. The van der Waals surface area contributed by atoms with Crippen molar-refractivity contribution in [1.82, 2.24) is 0 Å². The average Bonchev–Trinajstić information content (AvgIpc) is 3.38. The van der Waals surface area contributed by atoms with Crippen molar-refractivity contribution < 1.29 is 54.4 Å². The van der Waals surface area contributed by atoms with Gasteiger partial charge in [0.1, 0.15) is 24.4 Å². The Morgan fingerprint density at radius 3 is 2.12 bits per heavy atom. The largest absolute Gasteiger partial charge is 0.459 e. The van der Waals surface area contributed by atoms with Crippen LogP contribution in [0.4, 0.5) is 0 Å². The summed E-state index contributed by atoms with van der Waals surface area (Å²) < 4.78 is 24.9. The highest BCUT2D eigenvalue weighted by atomic mass is 16.7. The van der Waals surface area contributed by atoms with Gasteiger partial charge >= 0.3 is 5.97 Å². The summed E-state index contributed by atoms with van der Waals surface area (Å²) in [6.45, 7) is 15.4. The highest BCUT2D eigenvalue weighted by Gasteiger charge is 2.87. The van der Waals surface area contributed by atoms with E-state index in [2.05, 4.69) is 27.7 Å². The molecule has 274 valence electrons. The van der Waals surface area contributed by atoms with Gasteiger partial charge in [0.15, 0.2) is 6.29 Å². The molecule has 2 aliphatic heterocycles. The summed E-state index contributed by atoms with van der Waals surface area (Å²) in [4.78, 5) is 12.7. The van der Waals surface area contributed by atoms with E-state index in [4.69, 9.17) is 18.9 Å². The Morgan fingerprint density at radius 2 is 1.50 bits per heavy atom. The zero-order valence-corrected chi connectivity index (χ0v) is 30.0. The summed E-state index contributed by atoms with van der Waals surface area (Å²) in [6, 6.07) is 0. The Morgan fingerprint density at radius 1 is 0.833 bits per heavy atom. The summed E-state index contributed by atoms with van der Waals surface area (Å²) in [5.41, 5.74) is -4.06. The van der Waals surface area contributed by atoms with E-state index in [1.54, 1.807) is 13.8 Å². The quantitative estimate of drug-likeness (QED) is 0.186. The molecule has 2 heterocycles. The van der Waals surface area contributed by atoms with Crippen molar-refractivity contribution in [3.63, 3.8) is 0 Å². The maximum absolute atomic E-state index is 12.7. The van der Waals surface area contributed by atoms with Crippen LogP contribution in [0, 0.1) is 44.8 Å². The molecular formula is C37H60O11. The monoisotopic (exact) mass is 680 g/mol. The first-order chi connectivity index (χ1) is 22.1. The number of hydrogen-bond donors (Lipinski definition) is 6. The van der Waals surface area contributed by atoms with E-state index < -0.39 is 82.9 Å². The molecular weight excluding hydrogens is 620 g/mol. The van der Waals surface area contributed by atoms with Gasteiger partial charge in [0.05, 0.1) is 42.2 Å². The first-order valence-electron chi connectivity index (χ1n) is 18.4. The SMILES string of the molecule is CC(=O)OC1[C@H](O)[C@H]([C@]2(C)CCC(C(C)(C)O)O2)[C@@]2(C)C(O)C[C@@]34C[C@@]35CC[C@H](O[C@@H]3OC[C@@H](O)[C@H](O)[C@H]3O)C(C)(C)[C@@H]5CC[C@H]4[C@]12C. The first kappa shape index (κ1) is 35.5. The van der Waals surface area contributed by atoms with Crippen LogP contribution in [0.3, 0.4) is 0 Å². The Labute approximate surface area is 284 Å². The molecule has 7 rings (SSSR count). The lowest BCUT2D eigenvalue weighted by molar-refractivity contribution is -0.304. The number of hydrogen-bond acceptors (Lipinski definition) is 11. The second-order valence-electron chi connectivity index (χ2n) is 18.8. The number of carbonyl (C=O) groups excluding carboxylic acids is 1. The van der Waals surface area contributed by atoms with Crippen LogP contribution in [-0.2, 0) is 23.7 Å². The fraction of sp³-hybridized carbons (Fsp3) is 0.973. The zero-order valence-electron chi connectivity index (χ0n) is 30.0. The lowest BCUT2D eigenvalue weighted by Crippen LogP contribution is -2.66. The highest BCUT2D eigenvalue weighted by Crippen LogP contribution is 2.89. The third-order valence-electron chi connectivity index (χ3n) is 16.0. The van der Waals surface area contributed by atoms with Gasteiger partial charge in [-0.2, -0.15) is 0 Å². The smallest absolute Gasteiger partial charge is 0.303 e. The van der Waals surface area contributed by atoms with Gasteiger partial charge in [0.25, 0.3) is 0 Å². The number of ether oxygens (including phenoxy) is 4. The highest BCUT2D eigenvalue weighted by molar-refractivity contribution is 5.66. The molecule has 17 atom stereocenters. The molecule has 7 aliphatic rings. The summed E-state index contributed by atoms with van der Waals surface area (Å²) in [7, 11) is 0.